The monoisotopic (exact) mass is 451 g/mol. The van der Waals surface area contributed by atoms with Crippen molar-refractivity contribution in [3.63, 3.8) is 0 Å². The first-order chi connectivity index (χ1) is 15.9. The van der Waals surface area contributed by atoms with Crippen molar-refractivity contribution in [2.24, 2.45) is 34.5 Å². The van der Waals surface area contributed by atoms with Crippen molar-refractivity contribution in [2.75, 3.05) is 13.2 Å². The second kappa shape index (κ2) is 5.87. The van der Waals surface area contributed by atoms with Crippen LogP contribution in [0.1, 0.15) is 38.8 Å². The summed E-state index contributed by atoms with van der Waals surface area (Å²) in [5.74, 6) is 1.03. The van der Waals surface area contributed by atoms with Crippen molar-refractivity contribution in [2.45, 2.75) is 38.8 Å². The van der Waals surface area contributed by atoms with Crippen LogP contribution in [-0.2, 0) is 19.1 Å². The summed E-state index contributed by atoms with van der Waals surface area (Å²) >= 11 is 0. The number of aromatic nitrogens is 3. The molecule has 1 aromatic carbocycles. The van der Waals surface area contributed by atoms with Crippen molar-refractivity contribution in [3.05, 3.63) is 51.3 Å². The molecule has 9 nitrogen and oxygen atoms in total. The quantitative estimate of drug-likeness (QED) is 0.588. The molecular formula is C24H25N3O6. The van der Waals surface area contributed by atoms with Gasteiger partial charge in [-0.25, -0.2) is 23.5 Å². The van der Waals surface area contributed by atoms with Crippen LogP contribution in [0.3, 0.4) is 0 Å². The van der Waals surface area contributed by atoms with Crippen molar-refractivity contribution < 1.29 is 19.1 Å². The van der Waals surface area contributed by atoms with Gasteiger partial charge in [0.2, 0.25) is 0 Å². The van der Waals surface area contributed by atoms with E-state index < -0.39 is 0 Å². The molecular weight excluding hydrogens is 426 g/mol. The number of para-hydroxylation sites is 1. The molecule has 2 bridgehead atoms. The van der Waals surface area contributed by atoms with Gasteiger partial charge in [-0.05, 0) is 48.6 Å². The average Bonchev–Trinajstić information content (AvgIpc) is 3.51. The zero-order valence-electron chi connectivity index (χ0n) is 18.5. The van der Waals surface area contributed by atoms with E-state index in [-0.39, 0.29) is 46.2 Å². The number of rotatable bonds is 7. The van der Waals surface area contributed by atoms with E-state index in [0.717, 1.165) is 0 Å². The normalized spacial score (nSPS) is 39.2. The van der Waals surface area contributed by atoms with E-state index in [1.807, 2.05) is 18.2 Å². The Morgan fingerprint density at radius 3 is 1.76 bits per heavy atom. The van der Waals surface area contributed by atoms with Gasteiger partial charge in [-0.2, -0.15) is 0 Å². The Bertz CT molecular complexity index is 1260. The van der Waals surface area contributed by atoms with Crippen LogP contribution >= 0.6 is 0 Å². The largest absolute Gasteiger partial charge is 0.466 e. The van der Waals surface area contributed by atoms with Crippen molar-refractivity contribution in [1.29, 1.82) is 0 Å². The van der Waals surface area contributed by atoms with Gasteiger partial charge in [0.1, 0.15) is 0 Å². The van der Waals surface area contributed by atoms with Crippen LogP contribution in [0.25, 0.3) is 5.69 Å². The fourth-order valence-electron chi connectivity index (χ4n) is 8.99. The lowest BCUT2D eigenvalue weighted by Gasteiger charge is -2.48. The summed E-state index contributed by atoms with van der Waals surface area (Å²) in [7, 11) is 0. The molecule has 0 amide bonds. The standard InChI is InChI=1S/C24H25N3O6/c1-12(28)32-10-8-23-18-15-16-17(15)20(24(18,23)9-11-33-13(2)29)27-22(31)25(14-6-4-3-5-7-14)21(30)26(27)19(16)23/h3-7,15-20H,8-11H2,1-2H3/t15?,16-,17+,18?,19-,20-,23+,24+/m0/s1. The lowest BCUT2D eigenvalue weighted by Crippen LogP contribution is -2.53. The van der Waals surface area contributed by atoms with Gasteiger partial charge >= 0.3 is 23.3 Å². The number of benzene rings is 1. The average molecular weight is 451 g/mol. The molecule has 4 fully saturated rings. The molecule has 0 spiro atoms. The van der Waals surface area contributed by atoms with E-state index in [4.69, 9.17) is 9.47 Å². The number of hydrogen-bond acceptors (Lipinski definition) is 6. The minimum atomic E-state index is -0.318. The fraction of sp³-hybridized carbons (Fsp3) is 0.583. The summed E-state index contributed by atoms with van der Waals surface area (Å²) in [5, 5.41) is 0. The highest BCUT2D eigenvalue weighted by Gasteiger charge is 3.02. The third kappa shape index (κ3) is 1.94. The fourth-order valence-corrected chi connectivity index (χ4v) is 8.99. The first-order valence-corrected chi connectivity index (χ1v) is 11.7. The van der Waals surface area contributed by atoms with Crippen LogP contribution in [0.15, 0.2) is 39.9 Å². The lowest BCUT2D eigenvalue weighted by atomic mass is 9.68. The van der Waals surface area contributed by atoms with Crippen LogP contribution in [0.5, 0.6) is 0 Å². The van der Waals surface area contributed by atoms with Gasteiger partial charge in [-0.3, -0.25) is 9.59 Å². The molecule has 8 rings (SSSR count). The molecule has 2 aromatic rings. The molecule has 2 aliphatic heterocycles. The third-order valence-corrected chi connectivity index (χ3v) is 9.45. The Morgan fingerprint density at radius 1 is 0.818 bits per heavy atom. The van der Waals surface area contributed by atoms with Crippen molar-refractivity contribution in [1.82, 2.24) is 13.9 Å². The van der Waals surface area contributed by atoms with E-state index in [1.54, 1.807) is 21.5 Å². The maximum absolute atomic E-state index is 13.6. The van der Waals surface area contributed by atoms with E-state index in [1.165, 1.54) is 18.4 Å². The van der Waals surface area contributed by atoms with E-state index >= 15 is 0 Å². The molecule has 172 valence electrons. The Labute approximate surface area is 188 Å². The van der Waals surface area contributed by atoms with Crippen molar-refractivity contribution >= 4 is 11.9 Å². The molecule has 1 aromatic heterocycles. The highest BCUT2D eigenvalue weighted by molar-refractivity contribution is 5.66. The number of hydrogen-bond donors (Lipinski definition) is 0. The van der Waals surface area contributed by atoms with Gasteiger partial charge in [0.25, 0.3) is 0 Å². The topological polar surface area (TPSA) is 102 Å². The number of nitrogens with zero attached hydrogens (tertiary/aromatic N) is 3. The van der Waals surface area contributed by atoms with Crippen LogP contribution in [0.4, 0.5) is 0 Å². The van der Waals surface area contributed by atoms with Gasteiger partial charge in [0.15, 0.2) is 0 Å². The predicted octanol–water partition coefficient (Wildman–Crippen LogP) is 1.29. The molecule has 0 saturated heterocycles. The summed E-state index contributed by atoms with van der Waals surface area (Å²) in [6, 6.07) is 8.87. The molecule has 3 heterocycles. The Morgan fingerprint density at radius 2 is 1.30 bits per heavy atom. The van der Waals surface area contributed by atoms with Crippen molar-refractivity contribution in [3.8, 4) is 5.69 Å². The molecule has 0 N–H and O–H groups in total. The second-order valence-electron chi connectivity index (χ2n) is 10.3. The van der Waals surface area contributed by atoms with Crippen LogP contribution < -0.4 is 11.4 Å². The molecule has 8 atom stereocenters. The second-order valence-corrected chi connectivity index (χ2v) is 10.3. The number of esters is 2. The van der Waals surface area contributed by atoms with Gasteiger partial charge in [-0.15, -0.1) is 0 Å². The summed E-state index contributed by atoms with van der Waals surface area (Å²) < 4.78 is 15.4. The molecule has 4 saturated carbocycles. The Balaban J connectivity index is 1.37. The minimum Gasteiger partial charge on any atom is -0.466 e. The van der Waals surface area contributed by atoms with E-state index in [2.05, 4.69) is 0 Å². The zero-order valence-corrected chi connectivity index (χ0v) is 18.5. The predicted molar refractivity (Wildman–Crippen MR) is 114 cm³/mol. The first kappa shape index (κ1) is 19.4. The summed E-state index contributed by atoms with van der Waals surface area (Å²) in [6.45, 7) is 3.40. The summed E-state index contributed by atoms with van der Waals surface area (Å²) in [4.78, 5) is 50.2. The molecule has 33 heavy (non-hydrogen) atoms. The first-order valence-electron chi connectivity index (χ1n) is 11.7. The number of ether oxygens (including phenoxy) is 2. The smallest absolute Gasteiger partial charge is 0.352 e. The zero-order chi connectivity index (χ0) is 22.9. The Hall–Kier alpha value is -3.10. The Kier molecular flexibility index (Phi) is 3.45. The molecule has 6 aliphatic rings. The van der Waals surface area contributed by atoms with Gasteiger partial charge in [-0.1, -0.05) is 18.2 Å². The molecule has 0 radical (unpaired) electrons. The molecule has 2 unspecified atom stereocenters. The number of carbonyl (C=O) groups is 2. The van der Waals surface area contributed by atoms with Gasteiger partial charge in [0.05, 0.1) is 31.0 Å². The SMILES string of the molecule is CC(=O)OCC[C@@]12C3C4[C@@H]5[C@H]4[C@H](n4c(=O)n(-c6ccccc6)c(=O)n4[C@@H]51)[C@@]32CCOC(C)=O. The minimum absolute atomic E-state index is 0.0828. The van der Waals surface area contributed by atoms with Crippen LogP contribution in [0.2, 0.25) is 0 Å². The molecule has 9 heteroatoms. The summed E-state index contributed by atoms with van der Waals surface area (Å²) in [5.41, 5.74) is -0.414. The van der Waals surface area contributed by atoms with Gasteiger partial charge in [0, 0.05) is 24.7 Å². The molecule has 4 aliphatic carbocycles. The summed E-state index contributed by atoms with van der Waals surface area (Å²) in [6.07, 6.45) is 1.32. The highest BCUT2D eigenvalue weighted by Crippen LogP contribution is 3.03. The van der Waals surface area contributed by atoms with E-state index in [9.17, 15) is 19.2 Å². The highest BCUT2D eigenvalue weighted by atomic mass is 16.5. The van der Waals surface area contributed by atoms with Crippen LogP contribution in [0, 0.1) is 34.5 Å². The van der Waals surface area contributed by atoms with Gasteiger partial charge < -0.3 is 9.47 Å². The number of carbonyl (C=O) groups excluding carboxylic acids is 2. The lowest BCUT2D eigenvalue weighted by molar-refractivity contribution is -0.144. The van der Waals surface area contributed by atoms with Crippen LogP contribution in [-0.4, -0.2) is 39.1 Å². The maximum Gasteiger partial charge on any atom is 0.352 e. The van der Waals surface area contributed by atoms with E-state index in [0.29, 0.717) is 55.4 Å². The third-order valence-electron chi connectivity index (χ3n) is 9.45. The maximum atomic E-state index is 13.6.